The van der Waals surface area contributed by atoms with Crippen molar-refractivity contribution in [3.05, 3.63) is 58.7 Å². The summed E-state index contributed by atoms with van der Waals surface area (Å²) in [6, 6.07) is 2.92. The van der Waals surface area contributed by atoms with Gasteiger partial charge in [-0.25, -0.2) is 4.39 Å². The molecule has 1 atom stereocenters. The first-order valence-corrected chi connectivity index (χ1v) is 10.8. The number of rotatable bonds is 6. The number of alkyl halides is 3. The van der Waals surface area contributed by atoms with Crippen LogP contribution in [0.1, 0.15) is 62.3 Å². The van der Waals surface area contributed by atoms with Crippen molar-refractivity contribution in [2.75, 3.05) is 6.54 Å². The van der Waals surface area contributed by atoms with Gasteiger partial charge >= 0.3 is 12.1 Å². The Labute approximate surface area is 190 Å². The Morgan fingerprint density at radius 1 is 1.15 bits per heavy atom. The molecule has 5 nitrogen and oxygen atoms in total. The van der Waals surface area contributed by atoms with Gasteiger partial charge in [-0.1, -0.05) is 27.2 Å². The van der Waals surface area contributed by atoms with Crippen LogP contribution in [-0.4, -0.2) is 33.5 Å². The molecule has 2 aromatic rings. The first kappa shape index (κ1) is 25.0. The molecule has 180 valence electrons. The maximum Gasteiger partial charge on any atom is 0.416 e. The lowest BCUT2D eigenvalue weighted by Crippen LogP contribution is -2.44. The predicted molar refractivity (Wildman–Crippen MR) is 114 cm³/mol. The van der Waals surface area contributed by atoms with E-state index >= 15 is 0 Å². The summed E-state index contributed by atoms with van der Waals surface area (Å²) in [7, 11) is 0. The van der Waals surface area contributed by atoms with E-state index in [-0.39, 0.29) is 30.0 Å². The molecule has 1 aromatic carbocycles. The third-order valence-corrected chi connectivity index (χ3v) is 5.74. The highest BCUT2D eigenvalue weighted by atomic mass is 19.4. The average molecular weight is 468 g/mol. The number of aliphatic carboxylic acids is 1. The minimum Gasteiger partial charge on any atom is -0.489 e. The summed E-state index contributed by atoms with van der Waals surface area (Å²) in [6.45, 7) is 5.43. The first-order valence-electron chi connectivity index (χ1n) is 10.8. The molecule has 1 N–H and O–H groups in total. The largest absolute Gasteiger partial charge is 0.489 e. The SMILES string of the molecule is CC(C)(C)c1cc(OCc2cncc(F)c2)c(CN2CCCC[C@H]2C(=O)O)cc1C(F)(F)F. The molecule has 0 radical (unpaired) electrons. The van der Waals surface area contributed by atoms with Crippen LogP contribution in [-0.2, 0) is 29.5 Å². The number of piperidine rings is 1. The fourth-order valence-electron chi connectivity index (χ4n) is 4.11. The lowest BCUT2D eigenvalue weighted by molar-refractivity contribution is -0.145. The van der Waals surface area contributed by atoms with Gasteiger partial charge in [0.1, 0.15) is 24.2 Å². The number of carboxylic acid groups (broad SMARTS) is 1. The summed E-state index contributed by atoms with van der Waals surface area (Å²) in [5, 5.41) is 9.57. The Morgan fingerprint density at radius 3 is 2.48 bits per heavy atom. The van der Waals surface area contributed by atoms with Crippen molar-refractivity contribution in [2.45, 2.75) is 70.8 Å². The highest BCUT2D eigenvalue weighted by Gasteiger charge is 2.38. The Bertz CT molecular complexity index is 1000. The van der Waals surface area contributed by atoms with Crippen molar-refractivity contribution in [2.24, 2.45) is 0 Å². The molecule has 0 spiro atoms. The van der Waals surface area contributed by atoms with Gasteiger partial charge in [0.2, 0.25) is 0 Å². The normalized spacial score (nSPS) is 17.7. The summed E-state index contributed by atoms with van der Waals surface area (Å²) >= 11 is 0. The Hall–Kier alpha value is -2.68. The van der Waals surface area contributed by atoms with Crippen molar-refractivity contribution < 1.29 is 32.2 Å². The number of aromatic nitrogens is 1. The van der Waals surface area contributed by atoms with Crippen LogP contribution in [0.15, 0.2) is 30.6 Å². The van der Waals surface area contributed by atoms with Gasteiger partial charge in [-0.2, -0.15) is 13.2 Å². The third kappa shape index (κ3) is 6.22. The van der Waals surface area contributed by atoms with E-state index in [1.807, 2.05) is 0 Å². The molecule has 0 aliphatic carbocycles. The number of hydrogen-bond acceptors (Lipinski definition) is 4. The van der Waals surface area contributed by atoms with Gasteiger partial charge in [-0.05, 0) is 48.6 Å². The molecule has 0 bridgehead atoms. The van der Waals surface area contributed by atoms with Gasteiger partial charge in [0.25, 0.3) is 0 Å². The van der Waals surface area contributed by atoms with Crippen LogP contribution >= 0.6 is 0 Å². The number of halogens is 4. The minimum absolute atomic E-state index is 0.00119. The lowest BCUT2D eigenvalue weighted by Gasteiger charge is -2.34. The summed E-state index contributed by atoms with van der Waals surface area (Å²) < 4.78 is 61.3. The van der Waals surface area contributed by atoms with Crippen LogP contribution in [0.25, 0.3) is 0 Å². The number of benzene rings is 1. The molecule has 1 aromatic heterocycles. The molecular weight excluding hydrogens is 440 g/mol. The van der Waals surface area contributed by atoms with Crippen LogP contribution in [0.3, 0.4) is 0 Å². The highest BCUT2D eigenvalue weighted by Crippen LogP contribution is 2.41. The second-order valence-corrected chi connectivity index (χ2v) is 9.37. The molecule has 0 saturated carbocycles. The van der Waals surface area contributed by atoms with Crippen molar-refractivity contribution in [1.82, 2.24) is 9.88 Å². The number of likely N-dealkylation sites (tertiary alicyclic amines) is 1. The summed E-state index contributed by atoms with van der Waals surface area (Å²) in [6.07, 6.45) is -0.166. The Balaban J connectivity index is 2.04. The van der Waals surface area contributed by atoms with Crippen LogP contribution < -0.4 is 4.74 Å². The monoisotopic (exact) mass is 468 g/mol. The molecule has 0 unspecified atom stereocenters. The summed E-state index contributed by atoms with van der Waals surface area (Å²) in [5.74, 6) is -1.33. The van der Waals surface area contributed by atoms with E-state index in [0.29, 0.717) is 18.5 Å². The third-order valence-electron chi connectivity index (χ3n) is 5.74. The van der Waals surface area contributed by atoms with Gasteiger partial charge in [0, 0.05) is 23.9 Å². The molecule has 1 aliphatic rings. The van der Waals surface area contributed by atoms with E-state index in [2.05, 4.69) is 4.98 Å². The van der Waals surface area contributed by atoms with Crippen LogP contribution in [0.5, 0.6) is 5.75 Å². The maximum absolute atomic E-state index is 14.0. The number of pyridine rings is 1. The number of carbonyl (C=O) groups is 1. The highest BCUT2D eigenvalue weighted by molar-refractivity contribution is 5.73. The molecule has 1 aliphatic heterocycles. The molecule has 2 heterocycles. The zero-order valence-electron chi connectivity index (χ0n) is 18.9. The van der Waals surface area contributed by atoms with Gasteiger partial charge in [-0.3, -0.25) is 14.7 Å². The Kier molecular flexibility index (Phi) is 7.31. The second kappa shape index (κ2) is 9.67. The van der Waals surface area contributed by atoms with E-state index in [9.17, 15) is 27.5 Å². The van der Waals surface area contributed by atoms with Gasteiger partial charge in [0.05, 0.1) is 11.8 Å². The molecular formula is C24H28F4N2O3. The zero-order chi connectivity index (χ0) is 24.4. The zero-order valence-corrected chi connectivity index (χ0v) is 18.9. The molecule has 9 heteroatoms. The fraction of sp³-hybridized carbons (Fsp3) is 0.500. The van der Waals surface area contributed by atoms with Gasteiger partial charge in [-0.15, -0.1) is 0 Å². The van der Waals surface area contributed by atoms with E-state index in [1.54, 1.807) is 25.7 Å². The quantitative estimate of drug-likeness (QED) is 0.563. The van der Waals surface area contributed by atoms with Crippen molar-refractivity contribution >= 4 is 5.97 Å². The first-order chi connectivity index (χ1) is 15.4. The molecule has 33 heavy (non-hydrogen) atoms. The lowest BCUT2D eigenvalue weighted by atomic mass is 9.82. The number of carboxylic acids is 1. The van der Waals surface area contributed by atoms with Gasteiger partial charge < -0.3 is 9.84 Å². The number of nitrogens with zero attached hydrogens (tertiary/aromatic N) is 2. The van der Waals surface area contributed by atoms with Gasteiger partial charge in [0.15, 0.2) is 0 Å². The standard InChI is InChI=1S/C24H28F4N2O3/c1-23(2,3)18-10-21(33-14-15-8-17(25)12-29-11-15)16(9-19(18)24(26,27)28)13-30-7-5-4-6-20(30)22(31)32/h8-12,20H,4-7,13-14H2,1-3H3,(H,31,32)/t20-/m0/s1. The fourth-order valence-corrected chi connectivity index (χ4v) is 4.11. The smallest absolute Gasteiger partial charge is 0.416 e. The predicted octanol–water partition coefficient (Wildman–Crippen LogP) is 5.56. The number of ether oxygens (including phenoxy) is 1. The van der Waals surface area contributed by atoms with Crippen LogP contribution in [0, 0.1) is 5.82 Å². The molecule has 0 amide bonds. The summed E-state index contributed by atoms with van der Waals surface area (Å²) in [4.78, 5) is 17.1. The molecule has 1 saturated heterocycles. The molecule has 1 fully saturated rings. The molecule has 3 rings (SSSR count). The van der Waals surface area contributed by atoms with E-state index in [0.717, 1.165) is 25.1 Å². The average Bonchev–Trinajstić information content (AvgIpc) is 2.71. The minimum atomic E-state index is -4.59. The van der Waals surface area contributed by atoms with E-state index < -0.39 is 35.0 Å². The second-order valence-electron chi connectivity index (χ2n) is 9.37. The van der Waals surface area contributed by atoms with Crippen molar-refractivity contribution in [3.8, 4) is 5.75 Å². The number of hydrogen-bond donors (Lipinski definition) is 1. The maximum atomic E-state index is 14.0. The van der Waals surface area contributed by atoms with Crippen molar-refractivity contribution in [1.29, 1.82) is 0 Å². The van der Waals surface area contributed by atoms with E-state index in [4.69, 9.17) is 4.74 Å². The topological polar surface area (TPSA) is 62.7 Å². The summed E-state index contributed by atoms with van der Waals surface area (Å²) in [5.41, 5.74) is -0.850. The van der Waals surface area contributed by atoms with Crippen LogP contribution in [0.2, 0.25) is 0 Å². The van der Waals surface area contributed by atoms with Crippen molar-refractivity contribution in [3.63, 3.8) is 0 Å². The van der Waals surface area contributed by atoms with Crippen LogP contribution in [0.4, 0.5) is 17.6 Å². The Morgan fingerprint density at radius 2 is 1.88 bits per heavy atom. The van der Waals surface area contributed by atoms with E-state index in [1.165, 1.54) is 18.3 Å².